The normalized spacial score (nSPS) is 38.4. The predicted molar refractivity (Wildman–Crippen MR) is 96.7 cm³/mol. The van der Waals surface area contributed by atoms with Crippen molar-refractivity contribution in [2.75, 3.05) is 14.2 Å². The summed E-state index contributed by atoms with van der Waals surface area (Å²) in [6, 6.07) is 0. The molecular formula is C22H24O6. The van der Waals surface area contributed by atoms with E-state index in [1.165, 1.54) is 14.2 Å². The van der Waals surface area contributed by atoms with Crippen LogP contribution in [0.5, 0.6) is 0 Å². The maximum Gasteiger partial charge on any atom is 0.310 e. The van der Waals surface area contributed by atoms with Gasteiger partial charge in [-0.2, -0.15) is 0 Å². The maximum atomic E-state index is 12.9. The minimum Gasteiger partial charge on any atom is -0.469 e. The van der Waals surface area contributed by atoms with E-state index in [1.54, 1.807) is 0 Å². The average Bonchev–Trinajstić information content (AvgIpc) is 3.42. The highest BCUT2D eigenvalue weighted by Crippen LogP contribution is 2.64. The number of rotatable bonds is 2. The number of esters is 2. The highest BCUT2D eigenvalue weighted by atomic mass is 16.5. The van der Waals surface area contributed by atoms with Crippen molar-refractivity contribution >= 4 is 23.5 Å². The van der Waals surface area contributed by atoms with Crippen molar-refractivity contribution in [1.82, 2.24) is 0 Å². The molecule has 0 radical (unpaired) electrons. The van der Waals surface area contributed by atoms with Gasteiger partial charge in [-0.15, -0.1) is 0 Å². The van der Waals surface area contributed by atoms with Crippen molar-refractivity contribution in [3.8, 4) is 0 Å². The van der Waals surface area contributed by atoms with E-state index >= 15 is 0 Å². The van der Waals surface area contributed by atoms with Crippen LogP contribution in [0, 0.1) is 35.5 Å². The molecule has 0 spiro atoms. The minimum atomic E-state index is -0.765. The zero-order chi connectivity index (χ0) is 19.7. The van der Waals surface area contributed by atoms with Gasteiger partial charge in [0.2, 0.25) is 0 Å². The van der Waals surface area contributed by atoms with Crippen molar-refractivity contribution in [3.05, 3.63) is 22.3 Å². The third-order valence-electron chi connectivity index (χ3n) is 7.88. The van der Waals surface area contributed by atoms with Gasteiger partial charge in [0.1, 0.15) is 0 Å². The van der Waals surface area contributed by atoms with E-state index in [1.807, 2.05) is 0 Å². The Morgan fingerprint density at radius 1 is 0.714 bits per heavy atom. The first-order chi connectivity index (χ1) is 13.5. The summed E-state index contributed by atoms with van der Waals surface area (Å²) in [6.07, 6.45) is 4.08. The molecule has 148 valence electrons. The molecule has 0 N–H and O–H groups in total. The van der Waals surface area contributed by atoms with Crippen LogP contribution < -0.4 is 0 Å². The van der Waals surface area contributed by atoms with Gasteiger partial charge >= 0.3 is 11.9 Å². The Labute approximate surface area is 163 Å². The number of carbonyl (C=O) groups excluding carboxylic acids is 4. The molecule has 0 aromatic rings. The highest BCUT2D eigenvalue weighted by molar-refractivity contribution is 6.03. The quantitative estimate of drug-likeness (QED) is 0.678. The number of Topliss-reactive ketones (excluding diaryl/α,β-unsaturated/α-hetero) is 2. The summed E-state index contributed by atoms with van der Waals surface area (Å²) in [5.74, 6) is -2.63. The van der Waals surface area contributed by atoms with E-state index in [9.17, 15) is 19.2 Å². The van der Waals surface area contributed by atoms with Crippen molar-refractivity contribution in [2.45, 2.75) is 38.5 Å². The van der Waals surface area contributed by atoms with Gasteiger partial charge < -0.3 is 9.47 Å². The number of hydrogen-bond donors (Lipinski definition) is 0. The zero-order valence-electron chi connectivity index (χ0n) is 16.2. The predicted octanol–water partition coefficient (Wildman–Crippen LogP) is 2.17. The van der Waals surface area contributed by atoms with Gasteiger partial charge in [-0.05, 0) is 48.7 Å². The van der Waals surface area contributed by atoms with E-state index < -0.39 is 23.8 Å². The molecule has 5 aliphatic rings. The lowest BCUT2D eigenvalue weighted by Crippen LogP contribution is -2.52. The fourth-order valence-electron chi connectivity index (χ4n) is 7.01. The van der Waals surface area contributed by atoms with Gasteiger partial charge in [0.15, 0.2) is 11.6 Å². The van der Waals surface area contributed by atoms with E-state index in [2.05, 4.69) is 0 Å². The van der Waals surface area contributed by atoms with Crippen molar-refractivity contribution in [1.29, 1.82) is 0 Å². The van der Waals surface area contributed by atoms with Crippen LogP contribution in [0.1, 0.15) is 38.5 Å². The SMILES string of the molecule is COC(=O)[C@@H]1[C@H](C(=O)OC)[C@@H]2C3=C(CCC3=O)C[C@@H]2[C@H]2CC3=C(C(=O)CC3)[C@H]21. The fourth-order valence-corrected chi connectivity index (χ4v) is 7.01. The number of ketones is 2. The first-order valence-electron chi connectivity index (χ1n) is 10.1. The first kappa shape index (κ1) is 17.8. The second-order valence-corrected chi connectivity index (χ2v) is 8.77. The molecule has 5 rings (SSSR count). The second-order valence-electron chi connectivity index (χ2n) is 8.77. The van der Waals surface area contributed by atoms with E-state index in [-0.39, 0.29) is 35.2 Å². The number of carbonyl (C=O) groups is 4. The third kappa shape index (κ3) is 2.14. The molecule has 0 unspecified atom stereocenters. The number of hydrogen-bond acceptors (Lipinski definition) is 6. The number of fused-ring (bicyclic) bond motifs is 5. The summed E-state index contributed by atoms with van der Waals surface area (Å²) in [5, 5.41) is 0. The molecule has 6 nitrogen and oxygen atoms in total. The Kier molecular flexibility index (Phi) is 3.90. The first-order valence-corrected chi connectivity index (χ1v) is 10.1. The lowest BCUT2D eigenvalue weighted by atomic mass is 9.55. The van der Waals surface area contributed by atoms with Crippen LogP contribution in [-0.2, 0) is 28.7 Å². The maximum absolute atomic E-state index is 12.9. The van der Waals surface area contributed by atoms with Gasteiger partial charge in [-0.25, -0.2) is 0 Å². The Morgan fingerprint density at radius 3 is 1.46 bits per heavy atom. The molecule has 6 atom stereocenters. The topological polar surface area (TPSA) is 86.7 Å². The van der Waals surface area contributed by atoms with Gasteiger partial charge in [0, 0.05) is 24.7 Å². The standard InChI is InChI=1S/C22H24O6/c1-27-21(25)19-17-11(7-9-3-5-13(23)15(9)17)12-8-10-4-6-14(24)16(10)18(12)20(19)22(26)28-2/h11-12,17-20H,3-8H2,1-2H3/t11-,12-,17+,18+,19-,20+/m1/s1. The molecule has 0 aliphatic heterocycles. The highest BCUT2D eigenvalue weighted by Gasteiger charge is 2.64. The largest absolute Gasteiger partial charge is 0.469 e. The van der Waals surface area contributed by atoms with Crippen molar-refractivity contribution in [3.63, 3.8) is 0 Å². The Morgan fingerprint density at radius 2 is 1.11 bits per heavy atom. The van der Waals surface area contributed by atoms with Gasteiger partial charge in [-0.3, -0.25) is 19.2 Å². The molecule has 6 heteroatoms. The number of methoxy groups -OCH3 is 2. The van der Waals surface area contributed by atoms with Crippen molar-refractivity contribution in [2.24, 2.45) is 35.5 Å². The molecule has 28 heavy (non-hydrogen) atoms. The average molecular weight is 384 g/mol. The molecule has 1 fully saturated rings. The van der Waals surface area contributed by atoms with E-state index in [4.69, 9.17) is 9.47 Å². The minimum absolute atomic E-state index is 0.105. The third-order valence-corrected chi connectivity index (χ3v) is 7.88. The molecule has 1 saturated carbocycles. The second kappa shape index (κ2) is 6.13. The summed E-state index contributed by atoms with van der Waals surface area (Å²) in [6.45, 7) is 0. The molecule has 0 heterocycles. The zero-order valence-corrected chi connectivity index (χ0v) is 16.2. The lowest BCUT2D eigenvalue weighted by molar-refractivity contribution is -0.168. The summed E-state index contributed by atoms with van der Waals surface area (Å²) in [7, 11) is 2.64. The Balaban J connectivity index is 1.67. The van der Waals surface area contributed by atoms with Crippen LogP contribution in [0.2, 0.25) is 0 Å². The summed E-state index contributed by atoms with van der Waals surface area (Å²) >= 11 is 0. The molecule has 0 aromatic carbocycles. The van der Waals surface area contributed by atoms with Crippen LogP contribution in [0.25, 0.3) is 0 Å². The van der Waals surface area contributed by atoms with Gasteiger partial charge in [0.05, 0.1) is 26.1 Å². The van der Waals surface area contributed by atoms with Crippen LogP contribution in [-0.4, -0.2) is 37.7 Å². The van der Waals surface area contributed by atoms with Gasteiger partial charge in [-0.1, -0.05) is 11.1 Å². The van der Waals surface area contributed by atoms with Crippen LogP contribution >= 0.6 is 0 Å². The van der Waals surface area contributed by atoms with E-state index in [0.29, 0.717) is 12.8 Å². The fraction of sp³-hybridized carbons (Fsp3) is 0.636. The molecule has 5 aliphatic carbocycles. The van der Waals surface area contributed by atoms with Crippen LogP contribution in [0.15, 0.2) is 22.3 Å². The Bertz CT molecular complexity index is 805. The molecule has 0 aromatic heterocycles. The Hall–Kier alpha value is -2.24. The monoisotopic (exact) mass is 384 g/mol. The smallest absolute Gasteiger partial charge is 0.310 e. The molecule has 0 saturated heterocycles. The van der Waals surface area contributed by atoms with E-state index in [0.717, 1.165) is 48.0 Å². The van der Waals surface area contributed by atoms with Gasteiger partial charge in [0.25, 0.3) is 0 Å². The number of allylic oxidation sites excluding steroid dienone is 4. The lowest BCUT2D eigenvalue weighted by Gasteiger charge is -2.46. The number of ether oxygens (including phenoxy) is 2. The van der Waals surface area contributed by atoms with Crippen molar-refractivity contribution < 1.29 is 28.7 Å². The summed E-state index contributed by atoms with van der Waals surface area (Å²) in [4.78, 5) is 51.2. The molecule has 0 bridgehead atoms. The summed E-state index contributed by atoms with van der Waals surface area (Å²) in [5.41, 5.74) is 3.84. The van der Waals surface area contributed by atoms with Crippen LogP contribution in [0.4, 0.5) is 0 Å². The van der Waals surface area contributed by atoms with Crippen LogP contribution in [0.3, 0.4) is 0 Å². The summed E-state index contributed by atoms with van der Waals surface area (Å²) < 4.78 is 10.2. The molecule has 0 amide bonds. The molecular weight excluding hydrogens is 360 g/mol.